The second kappa shape index (κ2) is 11.8. The number of fused-ring (bicyclic) bond motifs is 1. The Morgan fingerprint density at radius 3 is 2.94 bits per heavy atom. The Labute approximate surface area is 191 Å². The molecule has 2 aromatic rings. The van der Waals surface area contributed by atoms with Crippen molar-refractivity contribution in [3.63, 3.8) is 0 Å². The standard InChI is InChI=1S/C23H30F2N6O2/c1-3-5-16(6-4-11-33-15-20(32)26-2)18-12-19-21(29-10-9-28-19)22(31-18)30-14-17-13-27-8-7-23(17,24)25/h4-6,9-10,12,17,27H,3,7-8,11,13-15H2,1-2H3,(H,26,32)(H,30,31)/b6-4-,16-5+. The molecular weight excluding hydrogens is 430 g/mol. The van der Waals surface area contributed by atoms with Crippen LogP contribution in [-0.4, -0.2) is 66.7 Å². The van der Waals surface area contributed by atoms with E-state index in [0.717, 1.165) is 12.0 Å². The average Bonchev–Trinajstić information content (AvgIpc) is 2.81. The van der Waals surface area contributed by atoms with Crippen molar-refractivity contribution in [2.45, 2.75) is 25.7 Å². The lowest BCUT2D eigenvalue weighted by Gasteiger charge is -2.32. The van der Waals surface area contributed by atoms with Crippen LogP contribution in [0.2, 0.25) is 0 Å². The van der Waals surface area contributed by atoms with E-state index in [1.54, 1.807) is 25.5 Å². The molecule has 1 unspecified atom stereocenters. The molecule has 1 atom stereocenters. The van der Waals surface area contributed by atoms with Gasteiger partial charge in [-0.3, -0.25) is 9.78 Å². The summed E-state index contributed by atoms with van der Waals surface area (Å²) in [5.74, 6) is -3.35. The molecule has 10 heteroatoms. The maximum atomic E-state index is 14.3. The Balaban J connectivity index is 1.81. The zero-order chi connectivity index (χ0) is 23.7. The van der Waals surface area contributed by atoms with Crippen molar-refractivity contribution >= 4 is 28.3 Å². The molecule has 0 saturated carbocycles. The molecule has 178 valence electrons. The highest BCUT2D eigenvalue weighted by Crippen LogP contribution is 2.31. The van der Waals surface area contributed by atoms with Gasteiger partial charge in [-0.1, -0.05) is 25.2 Å². The van der Waals surface area contributed by atoms with Crippen molar-refractivity contribution < 1.29 is 18.3 Å². The summed E-state index contributed by atoms with van der Waals surface area (Å²) in [6.07, 6.45) is 9.39. The first-order valence-electron chi connectivity index (χ1n) is 11.0. The molecule has 2 aromatic heterocycles. The topological polar surface area (TPSA) is 101 Å². The number of allylic oxidation sites excluding steroid dienone is 3. The van der Waals surface area contributed by atoms with E-state index < -0.39 is 11.8 Å². The molecule has 0 aliphatic carbocycles. The van der Waals surface area contributed by atoms with E-state index in [0.29, 0.717) is 29.1 Å². The van der Waals surface area contributed by atoms with Gasteiger partial charge in [-0.25, -0.2) is 18.7 Å². The molecule has 0 bridgehead atoms. The lowest BCUT2D eigenvalue weighted by Crippen LogP contribution is -2.47. The van der Waals surface area contributed by atoms with Crippen molar-refractivity contribution in [2.24, 2.45) is 5.92 Å². The van der Waals surface area contributed by atoms with Crippen LogP contribution in [0.3, 0.4) is 0 Å². The highest BCUT2D eigenvalue weighted by Gasteiger charge is 2.41. The van der Waals surface area contributed by atoms with Crippen LogP contribution >= 0.6 is 0 Å². The summed E-state index contributed by atoms with van der Waals surface area (Å²) in [5, 5.41) is 8.62. The molecule has 1 saturated heterocycles. The number of pyridine rings is 1. The van der Waals surface area contributed by atoms with Crippen LogP contribution in [0.5, 0.6) is 0 Å². The van der Waals surface area contributed by atoms with E-state index in [1.165, 1.54) is 0 Å². The molecule has 1 aliphatic rings. The third-order valence-electron chi connectivity index (χ3n) is 5.34. The van der Waals surface area contributed by atoms with Crippen LogP contribution in [0.1, 0.15) is 25.5 Å². The summed E-state index contributed by atoms with van der Waals surface area (Å²) < 4.78 is 33.9. The Morgan fingerprint density at radius 1 is 1.36 bits per heavy atom. The van der Waals surface area contributed by atoms with Gasteiger partial charge in [0.2, 0.25) is 5.91 Å². The largest absolute Gasteiger partial charge is 0.368 e. The number of nitrogens with zero attached hydrogens (tertiary/aromatic N) is 3. The van der Waals surface area contributed by atoms with Crippen molar-refractivity contribution in [3.8, 4) is 0 Å². The Morgan fingerprint density at radius 2 is 2.18 bits per heavy atom. The number of aromatic nitrogens is 3. The maximum Gasteiger partial charge on any atom is 0.255 e. The van der Waals surface area contributed by atoms with Gasteiger partial charge < -0.3 is 20.7 Å². The van der Waals surface area contributed by atoms with E-state index in [1.807, 2.05) is 25.1 Å². The molecule has 0 spiro atoms. The number of anilines is 1. The van der Waals surface area contributed by atoms with Crippen LogP contribution in [-0.2, 0) is 9.53 Å². The van der Waals surface area contributed by atoms with E-state index in [9.17, 15) is 13.6 Å². The number of carbonyl (C=O) groups excluding carboxylic acids is 1. The molecule has 0 radical (unpaired) electrons. The molecule has 1 fully saturated rings. The fourth-order valence-corrected chi connectivity index (χ4v) is 3.51. The second-order valence-corrected chi connectivity index (χ2v) is 7.73. The van der Waals surface area contributed by atoms with Gasteiger partial charge in [0.15, 0.2) is 5.82 Å². The number of amides is 1. The Kier molecular flexibility index (Phi) is 8.79. The Hall–Kier alpha value is -2.98. The number of rotatable bonds is 10. The summed E-state index contributed by atoms with van der Waals surface area (Å²) in [7, 11) is 1.55. The number of hydrogen-bond donors (Lipinski definition) is 3. The molecule has 8 nitrogen and oxygen atoms in total. The number of carbonyl (C=O) groups is 1. The number of piperidine rings is 1. The van der Waals surface area contributed by atoms with Crippen LogP contribution in [0.25, 0.3) is 16.6 Å². The van der Waals surface area contributed by atoms with Crippen LogP contribution in [0, 0.1) is 5.92 Å². The highest BCUT2D eigenvalue weighted by molar-refractivity contribution is 5.88. The molecular formula is C23H30F2N6O2. The third-order valence-corrected chi connectivity index (χ3v) is 5.34. The van der Waals surface area contributed by atoms with Crippen molar-refractivity contribution in [2.75, 3.05) is 45.2 Å². The summed E-state index contributed by atoms with van der Waals surface area (Å²) in [4.78, 5) is 24.7. The number of ether oxygens (including phenoxy) is 1. The number of likely N-dealkylation sites (N-methyl/N-ethyl adjacent to an activating group) is 1. The third kappa shape index (κ3) is 6.75. The van der Waals surface area contributed by atoms with E-state index in [4.69, 9.17) is 4.74 Å². The minimum absolute atomic E-state index is 0.0216. The molecule has 3 rings (SSSR count). The summed E-state index contributed by atoms with van der Waals surface area (Å²) in [5.41, 5.74) is 2.62. The lowest BCUT2D eigenvalue weighted by molar-refractivity contribution is -0.124. The van der Waals surface area contributed by atoms with Crippen LogP contribution in [0.4, 0.5) is 14.6 Å². The first kappa shape index (κ1) is 24.7. The first-order valence-corrected chi connectivity index (χ1v) is 11.0. The summed E-state index contributed by atoms with van der Waals surface area (Å²) >= 11 is 0. The quantitative estimate of drug-likeness (QED) is 0.370. The summed E-state index contributed by atoms with van der Waals surface area (Å²) in [6, 6.07) is 1.82. The van der Waals surface area contributed by atoms with Gasteiger partial charge in [0.05, 0.1) is 23.7 Å². The second-order valence-electron chi connectivity index (χ2n) is 7.73. The zero-order valence-corrected chi connectivity index (χ0v) is 18.9. The smallest absolute Gasteiger partial charge is 0.255 e. The average molecular weight is 461 g/mol. The minimum Gasteiger partial charge on any atom is -0.368 e. The number of hydrogen-bond acceptors (Lipinski definition) is 7. The van der Waals surface area contributed by atoms with Gasteiger partial charge in [0, 0.05) is 45.5 Å². The van der Waals surface area contributed by atoms with Gasteiger partial charge in [0.1, 0.15) is 12.1 Å². The molecule has 1 amide bonds. The van der Waals surface area contributed by atoms with Gasteiger partial charge >= 0.3 is 0 Å². The summed E-state index contributed by atoms with van der Waals surface area (Å²) in [6.45, 7) is 2.87. The fraction of sp³-hybridized carbons (Fsp3) is 0.478. The normalized spacial score (nSPS) is 18.5. The fourth-order valence-electron chi connectivity index (χ4n) is 3.51. The number of halogens is 2. The molecule has 33 heavy (non-hydrogen) atoms. The monoisotopic (exact) mass is 460 g/mol. The minimum atomic E-state index is -2.73. The van der Waals surface area contributed by atoms with Crippen molar-refractivity contribution in [1.29, 1.82) is 0 Å². The van der Waals surface area contributed by atoms with Gasteiger partial charge in [-0.15, -0.1) is 0 Å². The van der Waals surface area contributed by atoms with E-state index >= 15 is 0 Å². The van der Waals surface area contributed by atoms with Crippen LogP contribution < -0.4 is 16.0 Å². The molecule has 3 heterocycles. The first-order chi connectivity index (χ1) is 15.9. The van der Waals surface area contributed by atoms with Gasteiger partial charge in [-0.05, 0) is 18.1 Å². The Bertz CT molecular complexity index is 1010. The lowest BCUT2D eigenvalue weighted by atomic mass is 9.95. The molecule has 1 aliphatic heterocycles. The van der Waals surface area contributed by atoms with Crippen molar-refractivity contribution in [1.82, 2.24) is 25.6 Å². The number of nitrogens with one attached hydrogen (secondary N) is 3. The SMILES string of the molecule is CC/C=C(\C=C/COCC(=O)NC)c1cc2nccnc2c(NCC2CNCCC2(F)F)n1. The molecule has 3 N–H and O–H groups in total. The molecule has 0 aromatic carbocycles. The predicted molar refractivity (Wildman–Crippen MR) is 124 cm³/mol. The van der Waals surface area contributed by atoms with Gasteiger partial charge in [-0.2, -0.15) is 0 Å². The maximum absolute atomic E-state index is 14.3. The zero-order valence-electron chi connectivity index (χ0n) is 18.9. The van der Waals surface area contributed by atoms with Gasteiger partial charge in [0.25, 0.3) is 5.92 Å². The predicted octanol–water partition coefficient (Wildman–Crippen LogP) is 2.79. The van der Waals surface area contributed by atoms with Crippen LogP contribution in [0.15, 0.2) is 36.7 Å². The number of alkyl halides is 2. The van der Waals surface area contributed by atoms with E-state index in [-0.39, 0.29) is 38.6 Å². The van der Waals surface area contributed by atoms with Crippen molar-refractivity contribution in [3.05, 3.63) is 42.4 Å². The van der Waals surface area contributed by atoms with E-state index in [2.05, 4.69) is 30.9 Å². The highest BCUT2D eigenvalue weighted by atomic mass is 19.3.